The molecule has 0 bridgehead atoms. The van der Waals surface area contributed by atoms with Crippen molar-refractivity contribution in [1.29, 1.82) is 0 Å². The smallest absolute Gasteiger partial charge is 0.335 e. The standard InChI is InChI=1S/C24H18N2O3S2.C23H16N4O2S2.CH4/c1-15-2-4-16(5-3-15)14-26-22(27)21(31-24(26)30)13-20-12-19(10-11-25-20)17-6-8-18(9-7-17)23(28)29;28-22-21(31-23(30)27(22)14-15-4-2-1-3-5-15)12-18-10-11-20(29-18)17-8-6-16(7-9-17)19-13-24-26-25-19;/h2-13H,14H2,1H3,(H,28,29);1-12H,13-14H2;1H4/b21-13-;21-12-;. The molecule has 1 N–H and O–H groups in total. The number of pyridine rings is 1. The summed E-state index contributed by atoms with van der Waals surface area (Å²) in [6, 6.07) is 39.8. The number of thiocarbonyl (C=S) groups is 2. The maximum Gasteiger partial charge on any atom is 0.335 e. The normalized spacial score (nSPS) is 15.8. The van der Waals surface area contributed by atoms with Crippen molar-refractivity contribution >= 4 is 92.2 Å². The van der Waals surface area contributed by atoms with Gasteiger partial charge in [-0.15, -0.1) is 5.10 Å². The lowest BCUT2D eigenvalue weighted by atomic mass is 10.0. The Bertz CT molecular complexity index is 2840. The minimum Gasteiger partial charge on any atom is -0.478 e. The molecule has 11 nitrogen and oxygen atoms in total. The molecular weight excluding hydrogens is 869 g/mol. The molecule has 2 fully saturated rings. The summed E-state index contributed by atoms with van der Waals surface area (Å²) in [4.78, 5) is 45.5. The van der Waals surface area contributed by atoms with Crippen molar-refractivity contribution < 1.29 is 23.9 Å². The largest absolute Gasteiger partial charge is 0.478 e. The predicted octanol–water partition coefficient (Wildman–Crippen LogP) is 11.3. The minimum absolute atomic E-state index is 0. The fourth-order valence-corrected chi connectivity index (χ4v) is 8.94. The molecule has 6 aromatic rings. The maximum absolute atomic E-state index is 12.9. The molecule has 0 spiro atoms. The number of furan rings is 1. The third-order valence-electron chi connectivity index (χ3n) is 9.77. The third-order valence-corrected chi connectivity index (χ3v) is 12.5. The Morgan fingerprint density at radius 1 is 0.730 bits per heavy atom. The molecule has 63 heavy (non-hydrogen) atoms. The number of hydrogen-bond donors (Lipinski definition) is 1. The van der Waals surface area contributed by atoms with Crippen molar-refractivity contribution in [2.24, 2.45) is 15.4 Å². The fraction of sp³-hybridized carbons (Fsp3) is 0.104. The van der Waals surface area contributed by atoms with Crippen LogP contribution in [0.25, 0.3) is 34.6 Å². The number of aromatic nitrogens is 1. The highest BCUT2D eigenvalue weighted by atomic mass is 32.2. The second-order valence-electron chi connectivity index (χ2n) is 14.1. The van der Waals surface area contributed by atoms with Gasteiger partial charge < -0.3 is 9.52 Å². The van der Waals surface area contributed by atoms with Gasteiger partial charge in [-0.05, 0) is 82.4 Å². The van der Waals surface area contributed by atoms with Crippen molar-refractivity contribution in [1.82, 2.24) is 14.8 Å². The Balaban J connectivity index is 0.000000186. The Labute approximate surface area is 383 Å². The molecule has 5 heterocycles. The van der Waals surface area contributed by atoms with Crippen molar-refractivity contribution in [3.8, 4) is 22.5 Å². The van der Waals surface area contributed by atoms with Gasteiger partial charge in [0, 0.05) is 17.8 Å². The van der Waals surface area contributed by atoms with Gasteiger partial charge in [-0.2, -0.15) is 5.11 Å². The highest BCUT2D eigenvalue weighted by Crippen LogP contribution is 2.36. The quantitative estimate of drug-likeness (QED) is 0.104. The summed E-state index contributed by atoms with van der Waals surface area (Å²) in [7, 11) is 0. The molecule has 0 unspecified atom stereocenters. The van der Waals surface area contributed by atoms with Crippen LogP contribution in [-0.2, 0) is 22.7 Å². The number of carbonyl (C=O) groups excluding carboxylic acids is 2. The Hall–Kier alpha value is -6.65. The van der Waals surface area contributed by atoms with E-state index in [9.17, 15) is 14.4 Å². The zero-order chi connectivity index (χ0) is 43.2. The first-order chi connectivity index (χ1) is 30.1. The molecule has 0 atom stereocenters. The first kappa shape index (κ1) is 44.4. The zero-order valence-electron chi connectivity index (χ0n) is 32.9. The van der Waals surface area contributed by atoms with Gasteiger partial charge in [0.05, 0.1) is 39.9 Å². The van der Waals surface area contributed by atoms with Crippen LogP contribution >= 0.6 is 48.0 Å². The number of thioether (sulfide) groups is 2. The van der Waals surface area contributed by atoms with Crippen LogP contribution in [-0.4, -0.2) is 58.6 Å². The van der Waals surface area contributed by atoms with Crippen molar-refractivity contribution in [2.45, 2.75) is 27.4 Å². The summed E-state index contributed by atoms with van der Waals surface area (Å²) < 4.78 is 7.04. The van der Waals surface area contributed by atoms with Gasteiger partial charge in [-0.3, -0.25) is 24.4 Å². The lowest BCUT2D eigenvalue weighted by Gasteiger charge is -2.14. The van der Waals surface area contributed by atoms with Gasteiger partial charge in [0.15, 0.2) is 0 Å². The molecule has 4 aromatic carbocycles. The monoisotopic (exact) mass is 906 g/mol. The molecule has 2 saturated heterocycles. The van der Waals surface area contributed by atoms with Crippen molar-refractivity contribution in [3.05, 3.63) is 183 Å². The number of benzene rings is 4. The summed E-state index contributed by atoms with van der Waals surface area (Å²) in [6.07, 6.45) is 5.15. The molecule has 0 radical (unpaired) electrons. The van der Waals surface area contributed by atoms with E-state index < -0.39 is 5.97 Å². The van der Waals surface area contributed by atoms with Crippen LogP contribution in [0.3, 0.4) is 0 Å². The second-order valence-corrected chi connectivity index (χ2v) is 17.4. The number of rotatable bonds is 10. The molecule has 2 amide bonds. The number of carboxylic acids is 1. The van der Waals surface area contributed by atoms with Crippen molar-refractivity contribution in [3.63, 3.8) is 0 Å². The van der Waals surface area contributed by atoms with Gasteiger partial charge in [0.2, 0.25) is 0 Å². The molecule has 2 aromatic heterocycles. The van der Waals surface area contributed by atoms with Crippen LogP contribution < -0.4 is 0 Å². The highest BCUT2D eigenvalue weighted by molar-refractivity contribution is 8.27. The van der Waals surface area contributed by atoms with Crippen LogP contribution in [0, 0.1) is 6.92 Å². The lowest BCUT2D eigenvalue weighted by molar-refractivity contribution is -0.123. The third kappa shape index (κ3) is 10.7. The van der Waals surface area contributed by atoms with E-state index in [2.05, 4.69) is 20.4 Å². The number of nitrogens with zero attached hydrogens (tertiary/aromatic N) is 6. The molecule has 314 valence electrons. The van der Waals surface area contributed by atoms with Crippen LogP contribution in [0.15, 0.2) is 163 Å². The SMILES string of the molecule is C.Cc1ccc(CN2C(=O)/C(=C/c3cc(-c4ccc(C(=O)O)cc4)ccn3)SC2=S)cc1.O=C1/C(=C/c2ccc(-c3ccc(C4=NN=NC4)cc3)o2)SC(=S)N1Cc1ccccc1. The molecule has 0 aliphatic carbocycles. The summed E-state index contributed by atoms with van der Waals surface area (Å²) in [5.74, 6) is 0.134. The first-order valence-corrected chi connectivity index (χ1v) is 21.6. The second kappa shape index (κ2) is 20.0. The van der Waals surface area contributed by atoms with Crippen LogP contribution in [0.2, 0.25) is 0 Å². The Morgan fingerprint density at radius 3 is 1.95 bits per heavy atom. The minimum atomic E-state index is -0.963. The van der Waals surface area contributed by atoms with Crippen molar-refractivity contribution in [2.75, 3.05) is 6.54 Å². The van der Waals surface area contributed by atoms with E-state index in [1.54, 1.807) is 52.4 Å². The van der Waals surface area contributed by atoms with E-state index in [4.69, 9.17) is 34.0 Å². The predicted molar refractivity (Wildman–Crippen MR) is 259 cm³/mol. The Kier molecular flexibility index (Phi) is 14.1. The van der Waals surface area contributed by atoms with Crippen LogP contribution in [0.5, 0.6) is 0 Å². The van der Waals surface area contributed by atoms with Gasteiger partial charge in [0.25, 0.3) is 11.8 Å². The number of amides is 2. The molecule has 3 aliphatic heterocycles. The van der Waals surface area contributed by atoms with Gasteiger partial charge in [-0.1, -0.05) is 152 Å². The molecular formula is C48H38N6O5S4. The fourth-order valence-electron chi connectivity index (χ4n) is 6.47. The number of hydrogen-bond acceptors (Lipinski definition) is 12. The van der Waals surface area contributed by atoms with E-state index >= 15 is 0 Å². The first-order valence-electron chi connectivity index (χ1n) is 19.1. The van der Waals surface area contributed by atoms with Gasteiger partial charge in [-0.25, -0.2) is 4.79 Å². The molecule has 3 aliphatic rings. The van der Waals surface area contributed by atoms with Gasteiger partial charge >= 0.3 is 5.97 Å². The number of carbonyl (C=O) groups is 3. The molecule has 0 saturated carbocycles. The van der Waals surface area contributed by atoms with E-state index in [0.29, 0.717) is 49.5 Å². The molecule has 15 heteroatoms. The summed E-state index contributed by atoms with van der Waals surface area (Å²) in [6.45, 7) is 3.43. The van der Waals surface area contributed by atoms with E-state index in [1.165, 1.54) is 23.5 Å². The van der Waals surface area contributed by atoms with E-state index in [0.717, 1.165) is 50.4 Å². The van der Waals surface area contributed by atoms with Gasteiger partial charge in [0.1, 0.15) is 26.7 Å². The topological polar surface area (TPSA) is 141 Å². The number of aryl methyl sites for hydroxylation is 1. The summed E-state index contributed by atoms with van der Waals surface area (Å²) in [5.41, 5.74) is 8.62. The number of aromatic carboxylic acids is 1. The summed E-state index contributed by atoms with van der Waals surface area (Å²) >= 11 is 13.4. The van der Waals surface area contributed by atoms with E-state index in [-0.39, 0.29) is 24.8 Å². The van der Waals surface area contributed by atoms with Crippen LogP contribution in [0.4, 0.5) is 0 Å². The van der Waals surface area contributed by atoms with E-state index in [1.807, 2.05) is 110 Å². The average molecular weight is 907 g/mol. The lowest BCUT2D eigenvalue weighted by Crippen LogP contribution is -2.27. The zero-order valence-corrected chi connectivity index (χ0v) is 36.1. The number of carboxylic acid groups (broad SMARTS) is 1. The molecule has 9 rings (SSSR count). The summed E-state index contributed by atoms with van der Waals surface area (Å²) in [5, 5.41) is 20.6. The van der Waals surface area contributed by atoms with Crippen LogP contribution in [0.1, 0.15) is 51.5 Å². The maximum atomic E-state index is 12.9. The average Bonchev–Trinajstić information content (AvgIpc) is 4.10. The highest BCUT2D eigenvalue weighted by Gasteiger charge is 2.33. The Morgan fingerprint density at radius 2 is 1.33 bits per heavy atom.